The van der Waals surface area contributed by atoms with Crippen LogP contribution in [0, 0.1) is 0 Å². The van der Waals surface area contributed by atoms with Gasteiger partial charge in [-0.1, -0.05) is 0 Å². The summed E-state index contributed by atoms with van der Waals surface area (Å²) in [7, 11) is 0. The molecule has 90 valence electrons. The van der Waals surface area contributed by atoms with Crippen LogP contribution in [0.4, 0.5) is 32.0 Å². The van der Waals surface area contributed by atoms with E-state index in [9.17, 15) is 26.3 Å². The van der Waals surface area contributed by atoms with E-state index >= 15 is 0 Å². The van der Waals surface area contributed by atoms with Crippen molar-refractivity contribution < 1.29 is 31.1 Å². The lowest BCUT2D eigenvalue weighted by atomic mass is 10.1. The van der Waals surface area contributed by atoms with Crippen LogP contribution in [0.5, 0.6) is 5.75 Å². The Kier molecular flexibility index (Phi) is 2.93. The highest BCUT2D eigenvalue weighted by atomic mass is 19.4. The zero-order chi connectivity index (χ0) is 12.6. The molecule has 0 fully saturated rings. The van der Waals surface area contributed by atoms with E-state index < -0.39 is 29.5 Å². The van der Waals surface area contributed by atoms with Gasteiger partial charge in [-0.3, -0.25) is 0 Å². The molecule has 0 unspecified atom stereocenters. The lowest BCUT2D eigenvalue weighted by molar-refractivity contribution is -0.274. The van der Waals surface area contributed by atoms with Gasteiger partial charge in [-0.2, -0.15) is 13.2 Å². The normalized spacial score (nSPS) is 12.6. The second kappa shape index (κ2) is 3.76. The van der Waals surface area contributed by atoms with Crippen LogP contribution in [-0.4, -0.2) is 6.36 Å². The van der Waals surface area contributed by atoms with Gasteiger partial charge in [-0.25, -0.2) is 0 Å². The monoisotopic (exact) mass is 245 g/mol. The van der Waals surface area contributed by atoms with Crippen LogP contribution >= 0.6 is 0 Å². The first-order chi connectivity index (χ1) is 7.09. The molecule has 0 aliphatic rings. The molecule has 0 aliphatic heterocycles. The first-order valence-corrected chi connectivity index (χ1v) is 3.82. The van der Waals surface area contributed by atoms with Crippen molar-refractivity contribution in [3.8, 4) is 5.75 Å². The van der Waals surface area contributed by atoms with Crippen molar-refractivity contribution in [3.05, 3.63) is 23.8 Å². The van der Waals surface area contributed by atoms with Gasteiger partial charge in [-0.15, -0.1) is 13.2 Å². The number of rotatable bonds is 1. The van der Waals surface area contributed by atoms with Crippen molar-refractivity contribution >= 4 is 5.69 Å². The van der Waals surface area contributed by atoms with Gasteiger partial charge in [0, 0.05) is 11.8 Å². The van der Waals surface area contributed by atoms with Gasteiger partial charge in [-0.05, 0) is 12.1 Å². The lowest BCUT2D eigenvalue weighted by Gasteiger charge is -2.13. The van der Waals surface area contributed by atoms with E-state index in [2.05, 4.69) is 4.74 Å². The van der Waals surface area contributed by atoms with Crippen LogP contribution in [0.25, 0.3) is 0 Å². The minimum absolute atomic E-state index is 0.427. The fourth-order valence-corrected chi connectivity index (χ4v) is 0.996. The fraction of sp³-hybridized carbons (Fsp3) is 0.250. The summed E-state index contributed by atoms with van der Waals surface area (Å²) in [5.74, 6) is -0.794. The van der Waals surface area contributed by atoms with Crippen molar-refractivity contribution in [2.45, 2.75) is 12.5 Å². The first-order valence-electron chi connectivity index (χ1n) is 3.82. The fourth-order valence-electron chi connectivity index (χ4n) is 0.996. The average molecular weight is 245 g/mol. The van der Waals surface area contributed by atoms with Crippen molar-refractivity contribution in [1.82, 2.24) is 0 Å². The summed E-state index contributed by atoms with van der Waals surface area (Å²) in [5, 5.41) is 0. The summed E-state index contributed by atoms with van der Waals surface area (Å²) in [6, 6.07) is 1.44. The summed E-state index contributed by atoms with van der Waals surface area (Å²) in [5.41, 5.74) is 2.93. The Labute approximate surface area is 85.6 Å². The predicted octanol–water partition coefficient (Wildman–Crippen LogP) is 3.19. The van der Waals surface area contributed by atoms with Crippen LogP contribution in [-0.2, 0) is 6.18 Å². The van der Waals surface area contributed by atoms with Crippen LogP contribution in [0.15, 0.2) is 18.2 Å². The molecule has 0 heterocycles. The Balaban J connectivity index is 3.01. The molecule has 0 amide bonds. The van der Waals surface area contributed by atoms with Gasteiger partial charge in [0.25, 0.3) is 0 Å². The predicted molar refractivity (Wildman–Crippen MR) is 42.5 cm³/mol. The Morgan fingerprint density at radius 3 is 1.94 bits per heavy atom. The summed E-state index contributed by atoms with van der Waals surface area (Å²) in [4.78, 5) is 0. The molecule has 0 spiro atoms. The topological polar surface area (TPSA) is 35.2 Å². The van der Waals surface area contributed by atoms with Gasteiger partial charge >= 0.3 is 12.5 Å². The van der Waals surface area contributed by atoms with Crippen LogP contribution in [0.2, 0.25) is 0 Å². The number of hydrogen-bond acceptors (Lipinski definition) is 2. The highest BCUT2D eigenvalue weighted by molar-refractivity contribution is 5.52. The number of alkyl halides is 6. The molecule has 1 aromatic rings. The van der Waals surface area contributed by atoms with E-state index in [1.807, 2.05) is 0 Å². The average Bonchev–Trinajstić information content (AvgIpc) is 1.97. The molecule has 8 heteroatoms. The maximum absolute atomic E-state index is 12.2. The Morgan fingerprint density at radius 1 is 1.00 bits per heavy atom. The number of nitrogen functional groups attached to an aromatic ring is 1. The third-order valence-electron chi connectivity index (χ3n) is 1.56. The Morgan fingerprint density at radius 2 is 1.56 bits per heavy atom. The third-order valence-corrected chi connectivity index (χ3v) is 1.56. The van der Waals surface area contributed by atoms with Crippen molar-refractivity contribution in [2.75, 3.05) is 5.73 Å². The summed E-state index contributed by atoms with van der Waals surface area (Å²) < 4.78 is 75.1. The van der Waals surface area contributed by atoms with Crippen LogP contribution in [0.1, 0.15) is 5.56 Å². The molecule has 1 aromatic carbocycles. The Bertz CT molecular complexity index is 383. The number of benzene rings is 1. The molecule has 16 heavy (non-hydrogen) atoms. The lowest BCUT2D eigenvalue weighted by Crippen LogP contribution is -2.17. The van der Waals surface area contributed by atoms with Crippen LogP contribution < -0.4 is 10.5 Å². The third kappa shape index (κ3) is 3.21. The van der Waals surface area contributed by atoms with E-state index in [1.54, 1.807) is 0 Å². The molecule has 1 rings (SSSR count). The maximum Gasteiger partial charge on any atom is 0.573 e. The second-order valence-corrected chi connectivity index (χ2v) is 2.79. The van der Waals surface area contributed by atoms with Gasteiger partial charge in [0.2, 0.25) is 0 Å². The number of hydrogen-bond donors (Lipinski definition) is 1. The zero-order valence-electron chi connectivity index (χ0n) is 7.49. The molecule has 2 N–H and O–H groups in total. The van der Waals surface area contributed by atoms with E-state index in [0.717, 1.165) is 0 Å². The maximum atomic E-state index is 12.2. The summed E-state index contributed by atoms with van der Waals surface area (Å²) in [6.45, 7) is 0. The van der Waals surface area contributed by atoms with Gasteiger partial charge in [0.15, 0.2) is 0 Å². The molecular formula is C8H5F6NO. The van der Waals surface area contributed by atoms with E-state index in [0.29, 0.717) is 18.2 Å². The number of nitrogens with two attached hydrogens (primary N) is 1. The largest absolute Gasteiger partial charge is 0.573 e. The smallest absolute Gasteiger partial charge is 0.406 e. The quantitative estimate of drug-likeness (QED) is 0.609. The number of ether oxygens (including phenoxy) is 1. The number of anilines is 1. The minimum atomic E-state index is -4.97. The molecular weight excluding hydrogens is 240 g/mol. The highest BCUT2D eigenvalue weighted by Gasteiger charge is 2.35. The first kappa shape index (κ1) is 12.5. The van der Waals surface area contributed by atoms with Gasteiger partial charge < -0.3 is 10.5 Å². The molecule has 2 nitrogen and oxygen atoms in total. The molecule has 0 aromatic heterocycles. The summed E-state index contributed by atoms with van der Waals surface area (Å²) in [6.07, 6.45) is -9.67. The number of halogens is 6. The highest BCUT2D eigenvalue weighted by Crippen LogP contribution is 2.36. The van der Waals surface area contributed by atoms with Crippen molar-refractivity contribution in [1.29, 1.82) is 0 Å². The molecule has 0 saturated heterocycles. The second-order valence-electron chi connectivity index (χ2n) is 2.79. The van der Waals surface area contributed by atoms with E-state index in [4.69, 9.17) is 5.73 Å². The van der Waals surface area contributed by atoms with Crippen LogP contribution in [0.3, 0.4) is 0 Å². The molecule has 0 saturated carbocycles. The van der Waals surface area contributed by atoms with Gasteiger partial charge in [0.05, 0.1) is 5.56 Å². The van der Waals surface area contributed by atoms with Crippen molar-refractivity contribution in [3.63, 3.8) is 0 Å². The van der Waals surface area contributed by atoms with E-state index in [1.165, 1.54) is 0 Å². The molecule has 0 atom stereocenters. The molecule has 0 aliphatic carbocycles. The summed E-state index contributed by atoms with van der Waals surface area (Å²) >= 11 is 0. The standard InChI is InChI=1S/C8H5F6NO/c9-7(10,11)5-2-1-4(3-6(5)15)16-8(12,13)14/h1-3H,15H2. The minimum Gasteiger partial charge on any atom is -0.406 e. The SMILES string of the molecule is Nc1cc(OC(F)(F)F)ccc1C(F)(F)F. The zero-order valence-corrected chi connectivity index (χ0v) is 7.49. The van der Waals surface area contributed by atoms with Gasteiger partial charge in [0.1, 0.15) is 5.75 Å². The molecule has 0 radical (unpaired) electrons. The van der Waals surface area contributed by atoms with Crippen molar-refractivity contribution in [2.24, 2.45) is 0 Å². The Hall–Kier alpha value is -1.60. The van der Waals surface area contributed by atoms with E-state index in [-0.39, 0.29) is 0 Å². The molecule has 0 bridgehead atoms.